The third-order valence-corrected chi connectivity index (χ3v) is 13.8. The quantitative estimate of drug-likeness (QED) is 0.0882. The van der Waals surface area contributed by atoms with Crippen LogP contribution in [0.5, 0.6) is 11.5 Å². The van der Waals surface area contributed by atoms with Gasteiger partial charge in [0, 0.05) is 31.2 Å². The number of aliphatic hydroxyl groups is 1. The number of rotatable bonds is 17. The number of benzene rings is 3. The zero-order valence-corrected chi connectivity index (χ0v) is 41.7. The van der Waals surface area contributed by atoms with Gasteiger partial charge in [-0.15, -0.1) is 0 Å². The first kappa shape index (κ1) is 55.0. The van der Waals surface area contributed by atoms with Crippen molar-refractivity contribution in [1.29, 1.82) is 0 Å². The summed E-state index contributed by atoms with van der Waals surface area (Å²) in [5.74, 6) is -3.68. The van der Waals surface area contributed by atoms with Gasteiger partial charge in [-0.05, 0) is 130 Å². The molecular weight excluding hydrogens is 923 g/mol. The monoisotopic (exact) mass is 998 g/mol. The van der Waals surface area contributed by atoms with Crippen LogP contribution in [0, 0.1) is 0 Å². The van der Waals surface area contributed by atoms with Crippen LogP contribution in [0.4, 0.5) is 0 Å². The lowest BCUT2D eigenvalue weighted by Crippen LogP contribution is -2.61. The van der Waals surface area contributed by atoms with Crippen LogP contribution < -0.4 is 42.8 Å². The normalized spacial score (nSPS) is 24.3. The highest BCUT2D eigenvalue weighted by atomic mass is 16.5. The topological polar surface area (TPSA) is 288 Å². The Morgan fingerprint density at radius 2 is 1.50 bits per heavy atom. The molecule has 0 aromatic heterocycles. The smallest absolute Gasteiger partial charge is 0.251 e. The fraction of sp³-hybridized carbons (Fsp3) is 0.566. The van der Waals surface area contributed by atoms with Crippen molar-refractivity contribution in [3.05, 3.63) is 71.8 Å². The third kappa shape index (κ3) is 15.1. The molecule has 3 fully saturated rings. The van der Waals surface area contributed by atoms with Gasteiger partial charge in [0.15, 0.2) is 0 Å². The number of nitrogens with zero attached hydrogens (tertiary/aromatic N) is 2. The summed E-state index contributed by atoms with van der Waals surface area (Å²) in [5.41, 5.74) is 13.2. The number of hydrogen-bond acceptors (Lipinski definition) is 12. The molecular formula is C53H75N9O10. The number of hydrogen-bond donors (Lipinski definition) is 9. The average molecular weight is 998 g/mol. The zero-order valence-electron chi connectivity index (χ0n) is 41.7. The molecule has 0 aliphatic carbocycles. The minimum atomic E-state index is -1.53. The summed E-state index contributed by atoms with van der Waals surface area (Å²) in [6.07, 6.45) is 7.23. The molecule has 1 unspecified atom stereocenters. The summed E-state index contributed by atoms with van der Waals surface area (Å²) in [6, 6.07) is 9.41. The summed E-state index contributed by atoms with van der Waals surface area (Å²) in [7, 11) is 0. The highest BCUT2D eigenvalue weighted by Gasteiger charge is 2.43. The standard InChI is InChI=1S/C53H75N9O10/c1-3-4-5-6-7-8-28-72-40-23-20-35-29-37(19-18-36(35)30-40)47(65)57-41-13-10-26-56-50(68)45-31-38(55)32-62(45)52(70)43(12-9-25-54)59-48(66)42(24-17-34-15-21-39(64)22-16-34)58-51(69)44-14-11-27-61(44)53(71)46(33(2)63)60-49(41)67/h15-16,18-23,29-30,33,38,41-46,63-64H,3-14,17,24-28,31-32,54-55H2,1-2H3,(H,56,68)(H,57,65)(H,58,69)(H,59,66)(H,60,67)/t33?,38-,41-,42-,43-,44-,45-,46-/m0/s1. The Bertz CT molecular complexity index is 2350. The van der Waals surface area contributed by atoms with Crippen LogP contribution in [0.25, 0.3) is 10.8 Å². The number of carbonyl (C=O) groups excluding carboxylic acids is 7. The molecule has 3 aromatic carbocycles. The van der Waals surface area contributed by atoms with Gasteiger partial charge in [-0.2, -0.15) is 0 Å². The second-order valence-corrected chi connectivity index (χ2v) is 19.5. The minimum Gasteiger partial charge on any atom is -0.508 e. The van der Waals surface area contributed by atoms with Crippen LogP contribution in [-0.4, -0.2) is 143 Å². The van der Waals surface area contributed by atoms with Crippen LogP contribution >= 0.6 is 0 Å². The molecule has 11 N–H and O–H groups in total. The van der Waals surface area contributed by atoms with Crippen molar-refractivity contribution in [3.63, 3.8) is 0 Å². The molecule has 19 nitrogen and oxygen atoms in total. The molecule has 3 aromatic rings. The summed E-state index contributed by atoms with van der Waals surface area (Å²) in [4.78, 5) is 102. The van der Waals surface area contributed by atoms with Gasteiger partial charge in [-0.1, -0.05) is 63.3 Å². The van der Waals surface area contributed by atoms with Gasteiger partial charge >= 0.3 is 0 Å². The van der Waals surface area contributed by atoms with E-state index in [1.54, 1.807) is 30.3 Å². The number of phenols is 1. The van der Waals surface area contributed by atoms with E-state index in [4.69, 9.17) is 16.2 Å². The maximum atomic E-state index is 14.4. The molecule has 0 bridgehead atoms. The first-order valence-electron chi connectivity index (χ1n) is 25.9. The second kappa shape index (κ2) is 26.9. The Balaban J connectivity index is 1.25. The van der Waals surface area contributed by atoms with Gasteiger partial charge in [0.25, 0.3) is 5.91 Å². The molecule has 6 rings (SSSR count). The molecule has 3 aliphatic rings. The number of unbranched alkanes of at least 4 members (excludes halogenated alkanes) is 5. The van der Waals surface area contributed by atoms with E-state index in [0.29, 0.717) is 19.4 Å². The van der Waals surface area contributed by atoms with Crippen molar-refractivity contribution in [2.45, 2.75) is 159 Å². The van der Waals surface area contributed by atoms with E-state index in [2.05, 4.69) is 33.5 Å². The largest absolute Gasteiger partial charge is 0.508 e. The predicted molar refractivity (Wildman–Crippen MR) is 271 cm³/mol. The van der Waals surface area contributed by atoms with Crippen molar-refractivity contribution in [2.24, 2.45) is 11.5 Å². The van der Waals surface area contributed by atoms with Crippen molar-refractivity contribution < 1.29 is 48.5 Å². The summed E-state index contributed by atoms with van der Waals surface area (Å²) < 4.78 is 6.01. The molecule has 3 saturated heterocycles. The lowest BCUT2D eigenvalue weighted by Gasteiger charge is -2.32. The molecule has 72 heavy (non-hydrogen) atoms. The number of phenolic OH excluding ortho intramolecular Hbond substituents is 1. The van der Waals surface area contributed by atoms with E-state index < -0.39 is 89.7 Å². The van der Waals surface area contributed by atoms with Crippen molar-refractivity contribution in [1.82, 2.24) is 36.4 Å². The Morgan fingerprint density at radius 1 is 0.778 bits per heavy atom. The number of aromatic hydroxyl groups is 1. The average Bonchev–Trinajstić information content (AvgIpc) is 4.03. The zero-order chi connectivity index (χ0) is 51.7. The molecule has 392 valence electrons. The Labute approximate surface area is 421 Å². The number of nitrogens with two attached hydrogens (primary N) is 2. The highest BCUT2D eigenvalue weighted by Crippen LogP contribution is 2.25. The minimum absolute atomic E-state index is 0.00818. The Hall–Kier alpha value is -6.31. The van der Waals surface area contributed by atoms with E-state index in [9.17, 15) is 43.8 Å². The molecule has 3 aliphatic heterocycles. The van der Waals surface area contributed by atoms with Crippen LogP contribution in [0.3, 0.4) is 0 Å². The molecule has 0 saturated carbocycles. The van der Waals surface area contributed by atoms with E-state index in [1.807, 2.05) is 18.2 Å². The number of amides is 7. The van der Waals surface area contributed by atoms with Gasteiger partial charge in [0.2, 0.25) is 35.4 Å². The Morgan fingerprint density at radius 3 is 2.25 bits per heavy atom. The molecule has 3 heterocycles. The van der Waals surface area contributed by atoms with Crippen LogP contribution in [0.2, 0.25) is 0 Å². The van der Waals surface area contributed by atoms with Gasteiger partial charge in [0.1, 0.15) is 47.8 Å². The van der Waals surface area contributed by atoms with E-state index >= 15 is 0 Å². The number of fused-ring (bicyclic) bond motifs is 3. The highest BCUT2D eigenvalue weighted by molar-refractivity contribution is 6.02. The van der Waals surface area contributed by atoms with Gasteiger partial charge < -0.3 is 62.8 Å². The summed E-state index contributed by atoms with van der Waals surface area (Å²) in [6.45, 7) is 4.53. The lowest BCUT2D eigenvalue weighted by molar-refractivity contribution is -0.144. The van der Waals surface area contributed by atoms with Gasteiger partial charge in [-0.3, -0.25) is 33.6 Å². The van der Waals surface area contributed by atoms with Crippen LogP contribution in [0.1, 0.15) is 120 Å². The van der Waals surface area contributed by atoms with Crippen molar-refractivity contribution in [2.75, 3.05) is 32.8 Å². The maximum absolute atomic E-state index is 14.4. The number of nitrogens with one attached hydrogen (secondary N) is 5. The van der Waals surface area contributed by atoms with E-state index in [0.717, 1.165) is 34.9 Å². The van der Waals surface area contributed by atoms with Crippen LogP contribution in [-0.2, 0) is 35.2 Å². The predicted octanol–water partition coefficient (Wildman–Crippen LogP) is 2.42. The van der Waals surface area contributed by atoms with Crippen molar-refractivity contribution >= 4 is 52.1 Å². The number of aryl methyl sites for hydroxylation is 1. The molecule has 19 heteroatoms. The first-order valence-corrected chi connectivity index (χ1v) is 25.9. The fourth-order valence-electron chi connectivity index (χ4n) is 9.72. The van der Waals surface area contributed by atoms with Crippen LogP contribution in [0.15, 0.2) is 60.7 Å². The molecule has 8 atom stereocenters. The van der Waals surface area contributed by atoms with Gasteiger partial charge in [0.05, 0.1) is 12.7 Å². The van der Waals surface area contributed by atoms with E-state index in [1.165, 1.54) is 54.5 Å². The third-order valence-electron chi connectivity index (χ3n) is 13.8. The second-order valence-electron chi connectivity index (χ2n) is 19.5. The number of ether oxygens (including phenoxy) is 1. The maximum Gasteiger partial charge on any atom is 0.251 e. The number of carbonyl (C=O) groups is 7. The molecule has 0 spiro atoms. The molecule has 7 amide bonds. The Kier molecular flexibility index (Phi) is 20.6. The first-order chi connectivity index (χ1) is 34.7. The fourth-order valence-corrected chi connectivity index (χ4v) is 9.72. The summed E-state index contributed by atoms with van der Waals surface area (Å²) >= 11 is 0. The molecule has 0 radical (unpaired) electrons. The summed E-state index contributed by atoms with van der Waals surface area (Å²) in [5, 5.41) is 36.5. The number of aliphatic hydroxyl groups excluding tert-OH is 1. The van der Waals surface area contributed by atoms with Gasteiger partial charge in [-0.25, -0.2) is 0 Å². The van der Waals surface area contributed by atoms with E-state index in [-0.39, 0.29) is 82.4 Å². The van der Waals surface area contributed by atoms with Crippen molar-refractivity contribution in [3.8, 4) is 11.5 Å². The lowest BCUT2D eigenvalue weighted by atomic mass is 10.0. The SMILES string of the molecule is CCCCCCCCOc1ccc2cc(C(=O)N[C@H]3CCCNC(=O)[C@@H]4C[C@H](N)CN4C(=O)[C@H](CCCN)NC(=O)[C@H](CCc4ccc(O)cc4)NC(=O)[C@@H]4CCCN4C(=O)[C@H](C(C)O)NC3=O)ccc2c1.